The van der Waals surface area contributed by atoms with E-state index in [2.05, 4.69) is 0 Å². The Bertz CT molecular complexity index is 1060. The van der Waals surface area contributed by atoms with Crippen LogP contribution in [0.1, 0.15) is 28.8 Å². The van der Waals surface area contributed by atoms with Gasteiger partial charge in [0.25, 0.3) is 5.91 Å². The topological polar surface area (TPSA) is 76.2 Å². The summed E-state index contributed by atoms with van der Waals surface area (Å²) in [6, 6.07) is 11.6. The van der Waals surface area contributed by atoms with Gasteiger partial charge in [-0.15, -0.1) is 0 Å². The number of nitrogens with zero attached hydrogens (tertiary/aromatic N) is 2. The molecule has 4 rings (SSSR count). The number of hydrogen-bond acceptors (Lipinski definition) is 5. The number of esters is 1. The average molecular weight is 463 g/mol. The maximum atomic E-state index is 13.5. The van der Waals surface area contributed by atoms with Gasteiger partial charge in [0.1, 0.15) is 6.61 Å². The van der Waals surface area contributed by atoms with Crippen molar-refractivity contribution in [1.82, 2.24) is 4.90 Å². The van der Waals surface area contributed by atoms with Gasteiger partial charge in [-0.2, -0.15) is 0 Å². The molecule has 2 heterocycles. The molecule has 0 aliphatic carbocycles. The molecule has 0 bridgehead atoms. The quantitative estimate of drug-likeness (QED) is 0.612. The summed E-state index contributed by atoms with van der Waals surface area (Å²) in [6.07, 6.45) is 0.241. The standard InChI is InChI=1S/C22H20Cl2N2O5/c1-30-11-10-25-20(28)16-4-2-3-5-18(16)26-19(27)8-9-22(25,26)21(29)31-13-14-6-7-15(23)12-17(14)24/h2-7,12H,8-11,13H2,1H3. The fourth-order valence-electron chi connectivity index (χ4n) is 4.13. The lowest BCUT2D eigenvalue weighted by molar-refractivity contribution is -0.159. The fraction of sp³-hybridized carbons (Fsp3) is 0.318. The summed E-state index contributed by atoms with van der Waals surface area (Å²) in [5.41, 5.74) is -0.235. The van der Waals surface area contributed by atoms with Crippen molar-refractivity contribution in [3.63, 3.8) is 0 Å². The normalized spacial score (nSPS) is 20.0. The average Bonchev–Trinajstić information content (AvgIpc) is 3.11. The number of fused-ring (bicyclic) bond motifs is 3. The van der Waals surface area contributed by atoms with Gasteiger partial charge in [-0.25, -0.2) is 4.79 Å². The fourth-order valence-corrected chi connectivity index (χ4v) is 4.60. The molecular formula is C22H20Cl2N2O5. The van der Waals surface area contributed by atoms with E-state index in [0.29, 0.717) is 26.9 Å². The maximum Gasteiger partial charge on any atom is 0.354 e. The SMILES string of the molecule is COCCN1C(=O)c2ccccc2N2C(=O)CCC12C(=O)OCc1ccc(Cl)cc1Cl. The number of amides is 2. The van der Waals surface area contributed by atoms with Crippen molar-refractivity contribution < 1.29 is 23.9 Å². The molecule has 9 heteroatoms. The molecule has 7 nitrogen and oxygen atoms in total. The Labute approximate surface area is 189 Å². The molecular weight excluding hydrogens is 443 g/mol. The third kappa shape index (κ3) is 3.56. The van der Waals surface area contributed by atoms with E-state index in [-0.39, 0.29) is 44.4 Å². The number of para-hydroxylation sites is 1. The molecule has 1 atom stereocenters. The Hall–Kier alpha value is -2.61. The first-order valence-corrected chi connectivity index (χ1v) is 10.5. The summed E-state index contributed by atoms with van der Waals surface area (Å²) in [5, 5.41) is 0.824. The van der Waals surface area contributed by atoms with Crippen LogP contribution in [0, 0.1) is 0 Å². The zero-order valence-electron chi connectivity index (χ0n) is 16.8. The highest BCUT2D eigenvalue weighted by Gasteiger charge is 2.61. The first-order chi connectivity index (χ1) is 14.9. The molecule has 0 saturated carbocycles. The summed E-state index contributed by atoms with van der Waals surface area (Å²) in [7, 11) is 1.51. The zero-order valence-corrected chi connectivity index (χ0v) is 18.3. The summed E-state index contributed by atoms with van der Waals surface area (Å²) >= 11 is 12.1. The van der Waals surface area contributed by atoms with Gasteiger partial charge in [-0.3, -0.25) is 14.5 Å². The Morgan fingerprint density at radius 1 is 1.16 bits per heavy atom. The van der Waals surface area contributed by atoms with Gasteiger partial charge >= 0.3 is 5.97 Å². The number of carbonyl (C=O) groups excluding carboxylic acids is 3. The Balaban J connectivity index is 1.73. The molecule has 162 valence electrons. The van der Waals surface area contributed by atoms with Gasteiger partial charge in [0.15, 0.2) is 0 Å². The van der Waals surface area contributed by atoms with Crippen LogP contribution in [0.4, 0.5) is 5.69 Å². The van der Waals surface area contributed by atoms with E-state index in [4.69, 9.17) is 32.7 Å². The molecule has 2 aliphatic heterocycles. The lowest BCUT2D eigenvalue weighted by Gasteiger charge is -2.48. The van der Waals surface area contributed by atoms with Gasteiger partial charge in [0.2, 0.25) is 11.6 Å². The number of hydrogen-bond donors (Lipinski definition) is 0. The minimum absolute atomic E-state index is 0.113. The van der Waals surface area contributed by atoms with Crippen LogP contribution >= 0.6 is 23.2 Å². The number of rotatable bonds is 6. The third-order valence-corrected chi connectivity index (χ3v) is 6.18. The van der Waals surface area contributed by atoms with Crippen molar-refractivity contribution in [3.05, 3.63) is 63.6 Å². The van der Waals surface area contributed by atoms with Crippen LogP contribution in [0.2, 0.25) is 10.0 Å². The number of halogens is 2. The molecule has 2 aliphatic rings. The van der Waals surface area contributed by atoms with E-state index in [1.807, 2.05) is 0 Å². The van der Waals surface area contributed by atoms with Crippen LogP contribution in [0.3, 0.4) is 0 Å². The van der Waals surface area contributed by atoms with Crippen molar-refractivity contribution >= 4 is 46.7 Å². The first-order valence-electron chi connectivity index (χ1n) is 9.74. The van der Waals surface area contributed by atoms with Gasteiger partial charge in [0.05, 0.1) is 17.9 Å². The van der Waals surface area contributed by atoms with Crippen LogP contribution in [-0.2, 0) is 25.7 Å². The predicted molar refractivity (Wildman–Crippen MR) is 115 cm³/mol. The number of methoxy groups -OCH3 is 1. The minimum atomic E-state index is -1.57. The molecule has 31 heavy (non-hydrogen) atoms. The van der Waals surface area contributed by atoms with Crippen molar-refractivity contribution in [3.8, 4) is 0 Å². The van der Waals surface area contributed by atoms with Crippen LogP contribution in [0.25, 0.3) is 0 Å². The highest BCUT2D eigenvalue weighted by atomic mass is 35.5. The van der Waals surface area contributed by atoms with E-state index in [9.17, 15) is 14.4 Å². The molecule has 1 saturated heterocycles. The second-order valence-electron chi connectivity index (χ2n) is 7.32. The van der Waals surface area contributed by atoms with Crippen LogP contribution in [0.15, 0.2) is 42.5 Å². The van der Waals surface area contributed by atoms with E-state index in [1.54, 1.807) is 42.5 Å². The maximum absolute atomic E-state index is 13.5. The summed E-state index contributed by atoms with van der Waals surface area (Å²) < 4.78 is 10.8. The first kappa shape index (κ1) is 21.6. The van der Waals surface area contributed by atoms with Crippen molar-refractivity contribution in [2.75, 3.05) is 25.2 Å². The predicted octanol–water partition coefficient (Wildman–Crippen LogP) is 3.66. The molecule has 2 aromatic carbocycles. The lowest BCUT2D eigenvalue weighted by Crippen LogP contribution is -2.68. The Morgan fingerprint density at radius 2 is 1.94 bits per heavy atom. The molecule has 0 aromatic heterocycles. The second-order valence-corrected chi connectivity index (χ2v) is 8.17. The largest absolute Gasteiger partial charge is 0.458 e. The number of carbonyl (C=O) groups is 3. The summed E-state index contributed by atoms with van der Waals surface area (Å²) in [4.78, 5) is 42.5. The zero-order chi connectivity index (χ0) is 22.2. The lowest BCUT2D eigenvalue weighted by atomic mass is 9.96. The molecule has 1 fully saturated rings. The monoisotopic (exact) mass is 462 g/mol. The summed E-state index contributed by atoms with van der Waals surface area (Å²) in [5.74, 6) is -1.28. The van der Waals surface area contributed by atoms with Crippen molar-refractivity contribution in [1.29, 1.82) is 0 Å². The molecule has 1 unspecified atom stereocenters. The number of anilines is 1. The van der Waals surface area contributed by atoms with Gasteiger partial charge in [0, 0.05) is 42.1 Å². The van der Waals surface area contributed by atoms with Crippen molar-refractivity contribution in [2.45, 2.75) is 25.1 Å². The van der Waals surface area contributed by atoms with Gasteiger partial charge < -0.3 is 14.4 Å². The van der Waals surface area contributed by atoms with Crippen LogP contribution in [-0.4, -0.2) is 48.6 Å². The van der Waals surface area contributed by atoms with Gasteiger partial charge in [-0.05, 0) is 24.3 Å². The third-order valence-electron chi connectivity index (χ3n) is 5.59. The van der Waals surface area contributed by atoms with Crippen LogP contribution < -0.4 is 4.90 Å². The Kier molecular flexibility index (Phi) is 5.92. The highest BCUT2D eigenvalue weighted by molar-refractivity contribution is 6.35. The van der Waals surface area contributed by atoms with E-state index in [0.717, 1.165) is 0 Å². The molecule has 0 N–H and O–H groups in total. The van der Waals surface area contributed by atoms with Crippen molar-refractivity contribution in [2.24, 2.45) is 0 Å². The molecule has 2 aromatic rings. The highest BCUT2D eigenvalue weighted by Crippen LogP contribution is 2.45. The van der Waals surface area contributed by atoms with Gasteiger partial charge in [-0.1, -0.05) is 41.4 Å². The van der Waals surface area contributed by atoms with Crippen LogP contribution in [0.5, 0.6) is 0 Å². The number of ether oxygens (including phenoxy) is 2. The molecule has 2 amide bonds. The molecule has 0 spiro atoms. The van der Waals surface area contributed by atoms with E-state index >= 15 is 0 Å². The van der Waals surface area contributed by atoms with E-state index in [1.165, 1.54) is 16.9 Å². The number of benzene rings is 2. The smallest absolute Gasteiger partial charge is 0.354 e. The Morgan fingerprint density at radius 3 is 2.68 bits per heavy atom. The second kappa shape index (κ2) is 8.49. The summed E-state index contributed by atoms with van der Waals surface area (Å²) in [6.45, 7) is 0.213. The van der Waals surface area contributed by atoms with E-state index < -0.39 is 11.6 Å². The molecule has 0 radical (unpaired) electrons. The minimum Gasteiger partial charge on any atom is -0.458 e.